The molecule has 1 aliphatic carbocycles. The molecule has 0 aliphatic heterocycles. The van der Waals surface area contributed by atoms with Gasteiger partial charge in [-0.2, -0.15) is 0 Å². The maximum absolute atomic E-state index is 9.27. The zero-order chi connectivity index (χ0) is 10.9. The van der Waals surface area contributed by atoms with Crippen molar-refractivity contribution < 1.29 is 5.11 Å². The maximum Gasteiger partial charge on any atom is 0.128 e. The third-order valence-electron chi connectivity index (χ3n) is 3.26. The summed E-state index contributed by atoms with van der Waals surface area (Å²) in [6.07, 6.45) is 4.92. The van der Waals surface area contributed by atoms with Crippen LogP contribution in [0.15, 0.2) is 6.20 Å². The lowest BCUT2D eigenvalue weighted by Crippen LogP contribution is -2.53. The fraction of sp³-hybridized carbons (Fsp3) is 0.700. The predicted octanol–water partition coefficient (Wildman–Crippen LogP) is 1.08. The lowest BCUT2D eigenvalue weighted by molar-refractivity contribution is 0.0862. The number of aliphatic hydroxyl groups excluding tert-OH is 1. The monoisotopic (exact) mass is 229 g/mol. The van der Waals surface area contributed by atoms with E-state index in [2.05, 4.69) is 10.3 Å². The Hall–Kier alpha value is -0.580. The van der Waals surface area contributed by atoms with Crippen LogP contribution in [0.1, 0.15) is 25.1 Å². The van der Waals surface area contributed by atoms with Gasteiger partial charge in [0.1, 0.15) is 11.0 Å². The van der Waals surface area contributed by atoms with E-state index in [1.165, 1.54) is 6.42 Å². The molecule has 0 atom stereocenters. The second-order valence-electron chi connectivity index (χ2n) is 4.20. The molecule has 0 aromatic carbocycles. The highest BCUT2D eigenvalue weighted by atomic mass is 35.5. The summed E-state index contributed by atoms with van der Waals surface area (Å²) in [5.41, 5.74) is -0.0710. The molecule has 0 radical (unpaired) electrons. The van der Waals surface area contributed by atoms with Gasteiger partial charge in [0.25, 0.3) is 0 Å². The van der Waals surface area contributed by atoms with Crippen molar-refractivity contribution in [1.82, 2.24) is 14.9 Å². The molecule has 1 heterocycles. The number of rotatable bonds is 4. The Morgan fingerprint density at radius 1 is 1.67 bits per heavy atom. The van der Waals surface area contributed by atoms with Crippen molar-refractivity contribution in [2.24, 2.45) is 7.05 Å². The smallest absolute Gasteiger partial charge is 0.128 e. The summed E-state index contributed by atoms with van der Waals surface area (Å²) in [6, 6.07) is 0. The lowest BCUT2D eigenvalue weighted by Gasteiger charge is -2.41. The van der Waals surface area contributed by atoms with Crippen LogP contribution in [0.25, 0.3) is 0 Å². The minimum absolute atomic E-state index is 0.0710. The minimum atomic E-state index is -0.0710. The van der Waals surface area contributed by atoms with Crippen molar-refractivity contribution in [1.29, 1.82) is 0 Å². The van der Waals surface area contributed by atoms with Crippen LogP contribution < -0.4 is 5.32 Å². The van der Waals surface area contributed by atoms with Gasteiger partial charge in [-0.1, -0.05) is 11.6 Å². The standard InChI is InChI=1S/C10H16ClN3O/c1-14-8(11)5-12-9(14)6-13-10(7-15)3-2-4-10/h5,13,15H,2-4,6-7H2,1H3. The minimum Gasteiger partial charge on any atom is -0.394 e. The average molecular weight is 230 g/mol. The Kier molecular flexibility index (Phi) is 3.00. The molecule has 0 amide bonds. The molecule has 1 saturated carbocycles. The highest BCUT2D eigenvalue weighted by Crippen LogP contribution is 2.31. The first kappa shape index (κ1) is 10.9. The molecule has 5 heteroatoms. The van der Waals surface area contributed by atoms with Gasteiger partial charge in [0, 0.05) is 12.6 Å². The number of aromatic nitrogens is 2. The van der Waals surface area contributed by atoms with Crippen LogP contribution in [0.5, 0.6) is 0 Å². The third kappa shape index (κ3) is 2.02. The molecule has 15 heavy (non-hydrogen) atoms. The van der Waals surface area contributed by atoms with Crippen molar-refractivity contribution in [3.05, 3.63) is 17.2 Å². The molecule has 0 bridgehead atoms. The van der Waals surface area contributed by atoms with Gasteiger partial charge in [-0.05, 0) is 19.3 Å². The lowest BCUT2D eigenvalue weighted by atomic mass is 9.77. The van der Waals surface area contributed by atoms with Gasteiger partial charge in [0.05, 0.1) is 19.3 Å². The van der Waals surface area contributed by atoms with Crippen molar-refractivity contribution >= 4 is 11.6 Å². The van der Waals surface area contributed by atoms with E-state index in [0.717, 1.165) is 18.7 Å². The van der Waals surface area contributed by atoms with Crippen LogP contribution in [-0.2, 0) is 13.6 Å². The average Bonchev–Trinajstić information content (AvgIpc) is 2.48. The first-order chi connectivity index (χ1) is 7.17. The third-order valence-corrected chi connectivity index (χ3v) is 3.61. The first-order valence-corrected chi connectivity index (χ1v) is 5.57. The summed E-state index contributed by atoms with van der Waals surface area (Å²) < 4.78 is 1.85. The second-order valence-corrected chi connectivity index (χ2v) is 4.59. The topological polar surface area (TPSA) is 50.1 Å². The fourth-order valence-corrected chi connectivity index (χ4v) is 2.00. The van der Waals surface area contributed by atoms with Crippen molar-refractivity contribution in [3.63, 3.8) is 0 Å². The SMILES string of the molecule is Cn1c(Cl)cnc1CNC1(CO)CCC1. The number of imidazole rings is 1. The van der Waals surface area contributed by atoms with Crippen molar-refractivity contribution in [2.45, 2.75) is 31.3 Å². The summed E-state index contributed by atoms with van der Waals surface area (Å²) in [6.45, 7) is 0.856. The van der Waals surface area contributed by atoms with Gasteiger partial charge in [-0.25, -0.2) is 4.98 Å². The Labute approximate surface area is 94.3 Å². The van der Waals surface area contributed by atoms with E-state index < -0.39 is 0 Å². The number of hydrogen-bond acceptors (Lipinski definition) is 3. The zero-order valence-corrected chi connectivity index (χ0v) is 9.59. The molecule has 0 spiro atoms. The summed E-state index contributed by atoms with van der Waals surface area (Å²) in [5.74, 6) is 0.903. The highest BCUT2D eigenvalue weighted by molar-refractivity contribution is 6.29. The predicted molar refractivity (Wildman–Crippen MR) is 58.7 cm³/mol. The van der Waals surface area contributed by atoms with E-state index in [9.17, 15) is 5.11 Å². The van der Waals surface area contributed by atoms with E-state index in [1.807, 2.05) is 11.6 Å². The van der Waals surface area contributed by atoms with Crippen LogP contribution in [0.3, 0.4) is 0 Å². The number of hydrogen-bond donors (Lipinski definition) is 2. The van der Waals surface area contributed by atoms with E-state index in [1.54, 1.807) is 6.20 Å². The normalized spacial score (nSPS) is 18.9. The molecule has 0 unspecified atom stereocenters. The number of nitrogens with one attached hydrogen (secondary N) is 1. The molecule has 1 fully saturated rings. The van der Waals surface area contributed by atoms with Crippen molar-refractivity contribution in [2.75, 3.05) is 6.61 Å². The largest absolute Gasteiger partial charge is 0.394 e. The molecule has 2 N–H and O–H groups in total. The molecule has 4 nitrogen and oxygen atoms in total. The Balaban J connectivity index is 1.95. The molecular formula is C10H16ClN3O. The number of nitrogens with zero attached hydrogens (tertiary/aromatic N) is 2. The quantitative estimate of drug-likeness (QED) is 0.813. The number of aliphatic hydroxyl groups is 1. The molecule has 1 aromatic heterocycles. The Morgan fingerprint density at radius 3 is 2.80 bits per heavy atom. The van der Waals surface area contributed by atoms with Gasteiger partial charge in [0.15, 0.2) is 0 Å². The molecule has 2 rings (SSSR count). The molecule has 0 saturated heterocycles. The van der Waals surface area contributed by atoms with Gasteiger partial charge < -0.3 is 15.0 Å². The molecule has 1 aliphatic rings. The van der Waals surface area contributed by atoms with E-state index in [-0.39, 0.29) is 12.1 Å². The fourth-order valence-electron chi connectivity index (χ4n) is 1.85. The van der Waals surface area contributed by atoms with Crippen LogP contribution >= 0.6 is 11.6 Å². The summed E-state index contributed by atoms with van der Waals surface area (Å²) >= 11 is 5.88. The highest BCUT2D eigenvalue weighted by Gasteiger charge is 2.35. The van der Waals surface area contributed by atoms with Crippen LogP contribution in [0.2, 0.25) is 5.15 Å². The Morgan fingerprint density at radius 2 is 2.40 bits per heavy atom. The van der Waals surface area contributed by atoms with Crippen LogP contribution in [0, 0.1) is 0 Å². The van der Waals surface area contributed by atoms with E-state index in [4.69, 9.17) is 11.6 Å². The van der Waals surface area contributed by atoms with E-state index >= 15 is 0 Å². The summed E-state index contributed by atoms with van der Waals surface area (Å²) in [7, 11) is 1.89. The summed E-state index contributed by atoms with van der Waals surface area (Å²) in [4.78, 5) is 4.20. The second kappa shape index (κ2) is 4.12. The van der Waals surface area contributed by atoms with E-state index in [0.29, 0.717) is 11.7 Å². The van der Waals surface area contributed by atoms with Gasteiger partial charge in [-0.15, -0.1) is 0 Å². The van der Waals surface area contributed by atoms with Crippen LogP contribution in [-0.4, -0.2) is 26.8 Å². The Bertz CT molecular complexity index is 341. The van der Waals surface area contributed by atoms with Crippen molar-refractivity contribution in [3.8, 4) is 0 Å². The van der Waals surface area contributed by atoms with Gasteiger partial charge in [0.2, 0.25) is 0 Å². The maximum atomic E-state index is 9.27. The zero-order valence-electron chi connectivity index (χ0n) is 8.83. The van der Waals surface area contributed by atoms with Crippen LogP contribution in [0.4, 0.5) is 0 Å². The molecular weight excluding hydrogens is 214 g/mol. The molecule has 84 valence electrons. The van der Waals surface area contributed by atoms with Gasteiger partial charge >= 0.3 is 0 Å². The molecule has 1 aromatic rings. The number of halogens is 1. The summed E-state index contributed by atoms with van der Waals surface area (Å²) in [5, 5.41) is 13.3. The first-order valence-electron chi connectivity index (χ1n) is 5.19. The van der Waals surface area contributed by atoms with Gasteiger partial charge in [-0.3, -0.25) is 0 Å².